The van der Waals surface area contributed by atoms with Gasteiger partial charge in [-0.1, -0.05) is 11.6 Å². The highest BCUT2D eigenvalue weighted by molar-refractivity contribution is 6.35. The van der Waals surface area contributed by atoms with Crippen LogP contribution in [-0.2, 0) is 4.79 Å². The first kappa shape index (κ1) is 17.8. The monoisotopic (exact) mass is 352 g/mol. The molecule has 0 radical (unpaired) electrons. The maximum atomic E-state index is 12.2. The number of carboxylic acid groups (broad SMARTS) is 1. The summed E-state index contributed by atoms with van der Waals surface area (Å²) in [4.78, 5) is 26.9. The van der Waals surface area contributed by atoms with Crippen molar-refractivity contribution in [1.29, 1.82) is 0 Å². The number of pyridine rings is 1. The third-order valence-corrected chi connectivity index (χ3v) is 3.50. The predicted molar refractivity (Wildman–Crippen MR) is 88.7 cm³/mol. The average Bonchev–Trinajstić information content (AvgIpc) is 2.49. The van der Waals surface area contributed by atoms with E-state index < -0.39 is 23.7 Å². The molecule has 0 bridgehead atoms. The van der Waals surface area contributed by atoms with Gasteiger partial charge in [0, 0.05) is 10.8 Å². The second kappa shape index (κ2) is 6.92. The summed E-state index contributed by atoms with van der Waals surface area (Å²) in [7, 11) is 0. The van der Waals surface area contributed by atoms with Crippen molar-refractivity contribution < 1.29 is 24.5 Å². The van der Waals surface area contributed by atoms with Crippen LogP contribution in [0.15, 0.2) is 18.2 Å². The van der Waals surface area contributed by atoms with Crippen molar-refractivity contribution >= 4 is 34.2 Å². The topological polar surface area (TPSA) is 109 Å². The highest BCUT2D eigenvalue weighted by atomic mass is 35.5. The summed E-state index contributed by atoms with van der Waals surface area (Å²) >= 11 is 6.08. The SMILES string of the molecule is CC(C)Oc1ccc2c(Cl)nc(C(=O)N[C@H](C)C(=O)O)c(O)c2c1. The lowest BCUT2D eigenvalue weighted by Crippen LogP contribution is -2.38. The summed E-state index contributed by atoms with van der Waals surface area (Å²) in [5.74, 6) is -1.93. The van der Waals surface area contributed by atoms with Crippen LogP contribution in [0.3, 0.4) is 0 Å². The number of benzene rings is 1. The molecule has 8 heteroatoms. The van der Waals surface area contributed by atoms with Gasteiger partial charge in [-0.3, -0.25) is 9.59 Å². The lowest BCUT2D eigenvalue weighted by molar-refractivity contribution is -0.138. The number of nitrogens with zero attached hydrogens (tertiary/aromatic N) is 1. The fourth-order valence-electron chi connectivity index (χ4n) is 2.07. The van der Waals surface area contributed by atoms with E-state index in [0.717, 1.165) is 0 Å². The standard InChI is InChI=1S/C16H17ClN2O5/c1-7(2)24-9-4-5-10-11(6-9)13(20)12(19-14(10)17)15(21)18-8(3)16(22)23/h4-8,20H,1-3H3,(H,18,21)(H,22,23)/t8-/m1/s1. The lowest BCUT2D eigenvalue weighted by Gasteiger charge is -2.14. The summed E-state index contributed by atoms with van der Waals surface area (Å²) in [5, 5.41) is 22.2. The third kappa shape index (κ3) is 3.68. The third-order valence-electron chi connectivity index (χ3n) is 3.21. The fourth-order valence-corrected chi connectivity index (χ4v) is 2.32. The number of aliphatic carboxylic acids is 1. The number of carbonyl (C=O) groups excluding carboxylic acids is 1. The fraction of sp³-hybridized carbons (Fsp3) is 0.312. The van der Waals surface area contributed by atoms with Crippen molar-refractivity contribution in [2.24, 2.45) is 0 Å². The second-order valence-electron chi connectivity index (χ2n) is 5.51. The normalized spacial score (nSPS) is 12.2. The van der Waals surface area contributed by atoms with Gasteiger partial charge in [-0.15, -0.1) is 0 Å². The molecule has 128 valence electrons. The number of amides is 1. The van der Waals surface area contributed by atoms with Crippen LogP contribution in [0.2, 0.25) is 5.15 Å². The molecule has 0 fully saturated rings. The van der Waals surface area contributed by atoms with Gasteiger partial charge in [0.25, 0.3) is 5.91 Å². The minimum atomic E-state index is -1.21. The Morgan fingerprint density at radius 1 is 1.25 bits per heavy atom. The number of hydrogen-bond donors (Lipinski definition) is 3. The summed E-state index contributed by atoms with van der Waals surface area (Å²) in [6.07, 6.45) is -0.0684. The van der Waals surface area contributed by atoms with Crippen LogP contribution in [0.25, 0.3) is 10.8 Å². The zero-order valence-corrected chi connectivity index (χ0v) is 14.1. The van der Waals surface area contributed by atoms with E-state index in [1.165, 1.54) is 6.92 Å². The van der Waals surface area contributed by atoms with E-state index in [1.807, 2.05) is 13.8 Å². The molecule has 2 rings (SSSR count). The van der Waals surface area contributed by atoms with Gasteiger partial charge in [-0.25, -0.2) is 4.98 Å². The Morgan fingerprint density at radius 3 is 2.50 bits per heavy atom. The number of carboxylic acids is 1. The van der Waals surface area contributed by atoms with Gasteiger partial charge >= 0.3 is 5.97 Å². The van der Waals surface area contributed by atoms with Gasteiger partial charge in [-0.05, 0) is 39.0 Å². The van der Waals surface area contributed by atoms with E-state index in [0.29, 0.717) is 16.5 Å². The van der Waals surface area contributed by atoms with E-state index in [-0.39, 0.29) is 17.0 Å². The molecule has 0 unspecified atom stereocenters. The summed E-state index contributed by atoms with van der Waals surface area (Å²) in [6.45, 7) is 5.01. The number of ether oxygens (including phenoxy) is 1. The Labute approximate surface area is 143 Å². The van der Waals surface area contributed by atoms with Crippen LogP contribution >= 0.6 is 11.6 Å². The zero-order chi connectivity index (χ0) is 18.0. The van der Waals surface area contributed by atoms with Crippen LogP contribution in [0.5, 0.6) is 11.5 Å². The first-order valence-electron chi connectivity index (χ1n) is 7.23. The number of hydrogen-bond acceptors (Lipinski definition) is 5. The van der Waals surface area contributed by atoms with E-state index in [9.17, 15) is 14.7 Å². The van der Waals surface area contributed by atoms with E-state index >= 15 is 0 Å². The highest BCUT2D eigenvalue weighted by Crippen LogP contribution is 2.34. The predicted octanol–water partition coefficient (Wildman–Crippen LogP) is 2.58. The molecule has 2 aromatic rings. The highest BCUT2D eigenvalue weighted by Gasteiger charge is 2.22. The van der Waals surface area contributed by atoms with Crippen molar-refractivity contribution in [2.75, 3.05) is 0 Å². The van der Waals surface area contributed by atoms with Gasteiger partial charge in [0.1, 0.15) is 16.9 Å². The Kier molecular flexibility index (Phi) is 5.14. The van der Waals surface area contributed by atoms with Crippen molar-refractivity contribution in [3.8, 4) is 11.5 Å². The molecular weight excluding hydrogens is 336 g/mol. The Morgan fingerprint density at radius 2 is 1.92 bits per heavy atom. The van der Waals surface area contributed by atoms with Gasteiger partial charge < -0.3 is 20.3 Å². The second-order valence-corrected chi connectivity index (χ2v) is 5.87. The maximum Gasteiger partial charge on any atom is 0.325 e. The van der Waals surface area contributed by atoms with E-state index in [1.54, 1.807) is 18.2 Å². The number of nitrogens with one attached hydrogen (secondary N) is 1. The van der Waals surface area contributed by atoms with Crippen LogP contribution < -0.4 is 10.1 Å². The number of fused-ring (bicyclic) bond motifs is 1. The number of aromatic hydroxyl groups is 1. The maximum absolute atomic E-state index is 12.2. The van der Waals surface area contributed by atoms with Gasteiger partial charge in [-0.2, -0.15) is 0 Å². The van der Waals surface area contributed by atoms with Crippen molar-refractivity contribution in [3.63, 3.8) is 0 Å². The van der Waals surface area contributed by atoms with Gasteiger partial charge in [0.2, 0.25) is 0 Å². The number of aromatic nitrogens is 1. The number of halogens is 1. The van der Waals surface area contributed by atoms with Crippen molar-refractivity contribution in [3.05, 3.63) is 29.0 Å². The average molecular weight is 353 g/mol. The summed E-state index contributed by atoms with van der Waals surface area (Å²) < 4.78 is 5.56. The molecule has 1 atom stereocenters. The number of carbonyl (C=O) groups is 2. The molecule has 7 nitrogen and oxygen atoms in total. The molecule has 0 aliphatic rings. The van der Waals surface area contributed by atoms with Crippen LogP contribution in [-0.4, -0.2) is 39.2 Å². The molecule has 1 heterocycles. The Bertz CT molecular complexity index is 807. The molecule has 0 saturated carbocycles. The van der Waals surface area contributed by atoms with Gasteiger partial charge in [0.15, 0.2) is 11.4 Å². The molecule has 0 aliphatic heterocycles. The summed E-state index contributed by atoms with van der Waals surface area (Å²) in [6, 6.07) is 3.73. The zero-order valence-electron chi connectivity index (χ0n) is 13.3. The van der Waals surface area contributed by atoms with Crippen LogP contribution in [0.4, 0.5) is 0 Å². The minimum Gasteiger partial charge on any atom is -0.505 e. The molecule has 1 amide bonds. The van der Waals surface area contributed by atoms with Crippen LogP contribution in [0.1, 0.15) is 31.3 Å². The Hall–Kier alpha value is -2.54. The molecule has 0 spiro atoms. The van der Waals surface area contributed by atoms with Gasteiger partial charge in [0.05, 0.1) is 6.10 Å². The van der Waals surface area contributed by atoms with E-state index in [2.05, 4.69) is 10.3 Å². The largest absolute Gasteiger partial charge is 0.505 e. The molecule has 24 heavy (non-hydrogen) atoms. The van der Waals surface area contributed by atoms with Crippen LogP contribution in [0, 0.1) is 0 Å². The molecule has 1 aromatic carbocycles. The first-order chi connectivity index (χ1) is 11.2. The molecule has 0 saturated heterocycles. The number of rotatable bonds is 5. The molecule has 0 aliphatic carbocycles. The Balaban J connectivity index is 2.50. The van der Waals surface area contributed by atoms with Crippen molar-refractivity contribution in [2.45, 2.75) is 32.9 Å². The lowest BCUT2D eigenvalue weighted by atomic mass is 10.1. The smallest absolute Gasteiger partial charge is 0.325 e. The van der Waals surface area contributed by atoms with Crippen molar-refractivity contribution in [1.82, 2.24) is 10.3 Å². The summed E-state index contributed by atoms with van der Waals surface area (Å²) in [5.41, 5.74) is -0.345. The quantitative estimate of drug-likeness (QED) is 0.714. The molecular formula is C16H17ClN2O5. The minimum absolute atomic E-state index is 0.0204. The van der Waals surface area contributed by atoms with E-state index in [4.69, 9.17) is 21.4 Å². The molecule has 1 aromatic heterocycles. The first-order valence-corrected chi connectivity index (χ1v) is 7.61. The molecule has 3 N–H and O–H groups in total.